The fourth-order valence-electron chi connectivity index (χ4n) is 2.75. The van der Waals surface area contributed by atoms with Crippen molar-refractivity contribution in [3.05, 3.63) is 106 Å². The third-order valence-electron chi connectivity index (χ3n) is 4.60. The maximum Gasteiger partial charge on any atom is 0.437 e. The minimum Gasteiger partial charge on any atom is -0.410 e. The van der Waals surface area contributed by atoms with Gasteiger partial charge in [0.25, 0.3) is 0 Å². The molecule has 3 N–H and O–H groups in total. The number of halogens is 10. The smallest absolute Gasteiger partial charge is 0.410 e. The van der Waals surface area contributed by atoms with E-state index in [0.717, 1.165) is 17.7 Å². The summed E-state index contributed by atoms with van der Waals surface area (Å²) in [6.07, 6.45) is -13.9. The normalized spacial score (nSPS) is 13.0. The number of hydrogen-bond donors (Lipinski definition) is 3. The lowest BCUT2D eigenvalue weighted by Crippen LogP contribution is -2.23. The Balaban J connectivity index is 0.000000308. The molecule has 0 amide bonds. The molecule has 0 radical (unpaired) electrons. The molecule has 3 aromatic carbocycles. The zero-order valence-corrected chi connectivity index (χ0v) is 21.2. The Bertz CT molecular complexity index is 1250. The number of oxime groups is 3. The summed E-state index contributed by atoms with van der Waals surface area (Å²) in [5, 5.41) is 31.6. The van der Waals surface area contributed by atoms with Gasteiger partial charge in [-0.1, -0.05) is 99.4 Å². The fourth-order valence-corrected chi connectivity index (χ4v) is 2.88. The largest absolute Gasteiger partial charge is 0.437 e. The van der Waals surface area contributed by atoms with Gasteiger partial charge in [0, 0.05) is 21.7 Å². The van der Waals surface area contributed by atoms with E-state index >= 15 is 0 Å². The Hall–Kier alpha value is -4.27. The minimum absolute atomic E-state index is 0.148. The Labute approximate surface area is 231 Å². The lowest BCUT2D eigenvalue weighted by atomic mass is 10.1. The molecule has 222 valence electrons. The summed E-state index contributed by atoms with van der Waals surface area (Å²) in [7, 11) is 0. The zero-order chi connectivity index (χ0) is 31.4. The monoisotopic (exact) mass is 615 g/mol. The molecule has 0 heterocycles. The molecular formula is C25H19ClF9N3O3. The molecule has 0 bridgehead atoms. The molecule has 16 heteroatoms. The van der Waals surface area contributed by atoms with Crippen molar-refractivity contribution < 1.29 is 55.1 Å². The maximum absolute atomic E-state index is 12.2. The van der Waals surface area contributed by atoms with Gasteiger partial charge in [0.1, 0.15) is 0 Å². The molecule has 0 aliphatic carbocycles. The SMILES string of the molecule is Cc1ccc(C(=NO)C(F)(F)F)cc1.ON=C(c1ccc(Cl)cc1)C(F)(F)F.ON=C(c1ccccc1)C(F)(F)F. The molecule has 0 aromatic heterocycles. The van der Waals surface area contributed by atoms with E-state index in [1.165, 1.54) is 60.7 Å². The molecule has 0 atom stereocenters. The van der Waals surface area contributed by atoms with Crippen molar-refractivity contribution in [1.82, 2.24) is 0 Å². The first-order valence-electron chi connectivity index (χ1n) is 10.7. The summed E-state index contributed by atoms with van der Waals surface area (Å²) < 4.78 is 110. The quantitative estimate of drug-likeness (QED) is 0.120. The van der Waals surface area contributed by atoms with Crippen LogP contribution in [0.4, 0.5) is 39.5 Å². The number of nitrogens with zero attached hydrogens (tertiary/aromatic N) is 3. The first-order valence-corrected chi connectivity index (χ1v) is 11.1. The van der Waals surface area contributed by atoms with Gasteiger partial charge in [-0.3, -0.25) is 0 Å². The van der Waals surface area contributed by atoms with Crippen LogP contribution in [-0.4, -0.2) is 51.3 Å². The highest BCUT2D eigenvalue weighted by molar-refractivity contribution is 6.30. The van der Waals surface area contributed by atoms with Gasteiger partial charge < -0.3 is 15.6 Å². The fraction of sp³-hybridized carbons (Fsp3) is 0.160. The van der Waals surface area contributed by atoms with Crippen LogP contribution in [0.3, 0.4) is 0 Å². The standard InChI is InChI=1S/C9H8F3NO.C8H5ClF3NO.C8H6F3NO/c1-6-2-4-7(5-3-6)8(13-14)9(10,11)12;9-6-3-1-5(2-4-6)7(13-14)8(10,11)12;9-8(10,11)7(12-13)6-4-2-1-3-5-6/h2-5,14H,1H3;1-4,14H;1-5,13H. The number of benzene rings is 3. The van der Waals surface area contributed by atoms with Gasteiger partial charge in [0.2, 0.25) is 0 Å². The minimum atomic E-state index is -4.68. The Kier molecular flexibility index (Phi) is 12.7. The Morgan fingerprint density at radius 3 is 1.10 bits per heavy atom. The van der Waals surface area contributed by atoms with Crippen molar-refractivity contribution >= 4 is 28.7 Å². The topological polar surface area (TPSA) is 97.8 Å². The molecule has 3 aromatic rings. The van der Waals surface area contributed by atoms with Gasteiger partial charge >= 0.3 is 18.5 Å². The van der Waals surface area contributed by atoms with Gasteiger partial charge in [-0.05, 0) is 19.1 Å². The highest BCUT2D eigenvalue weighted by Crippen LogP contribution is 2.24. The first-order chi connectivity index (χ1) is 18.9. The van der Waals surface area contributed by atoms with Crippen molar-refractivity contribution in [3.63, 3.8) is 0 Å². The van der Waals surface area contributed by atoms with Crippen LogP contribution in [0.15, 0.2) is 94.3 Å². The number of hydrogen-bond acceptors (Lipinski definition) is 6. The van der Waals surface area contributed by atoms with E-state index in [1.54, 1.807) is 13.0 Å². The van der Waals surface area contributed by atoms with Gasteiger partial charge in [-0.2, -0.15) is 39.5 Å². The molecule has 0 aliphatic heterocycles. The predicted molar refractivity (Wildman–Crippen MR) is 132 cm³/mol. The molecule has 0 unspecified atom stereocenters. The molecule has 0 saturated carbocycles. The van der Waals surface area contributed by atoms with Crippen LogP contribution < -0.4 is 0 Å². The summed E-state index contributed by atoms with van der Waals surface area (Å²) in [5.74, 6) is 0. The second-order valence-electron chi connectivity index (χ2n) is 7.58. The van der Waals surface area contributed by atoms with Gasteiger partial charge in [-0.25, -0.2) is 0 Å². The highest BCUT2D eigenvalue weighted by Gasteiger charge is 2.39. The van der Waals surface area contributed by atoms with Gasteiger partial charge in [0.05, 0.1) is 0 Å². The Morgan fingerprint density at radius 1 is 0.512 bits per heavy atom. The first kappa shape index (κ1) is 34.8. The number of aryl methyl sites for hydroxylation is 1. The summed E-state index contributed by atoms with van der Waals surface area (Å²) >= 11 is 5.49. The number of rotatable bonds is 3. The van der Waals surface area contributed by atoms with E-state index in [4.69, 9.17) is 27.2 Å². The summed E-state index contributed by atoms with van der Waals surface area (Å²) in [6.45, 7) is 1.76. The third kappa shape index (κ3) is 11.4. The molecule has 0 saturated heterocycles. The molecular weight excluding hydrogens is 597 g/mol. The lowest BCUT2D eigenvalue weighted by molar-refractivity contribution is -0.0610. The van der Waals surface area contributed by atoms with Crippen molar-refractivity contribution in [3.8, 4) is 0 Å². The van der Waals surface area contributed by atoms with Crippen LogP contribution in [0.2, 0.25) is 5.02 Å². The molecule has 6 nitrogen and oxygen atoms in total. The van der Waals surface area contributed by atoms with E-state index < -0.39 is 35.7 Å². The number of alkyl halides is 9. The second kappa shape index (κ2) is 14.9. The zero-order valence-electron chi connectivity index (χ0n) is 20.5. The molecule has 41 heavy (non-hydrogen) atoms. The average Bonchev–Trinajstić information content (AvgIpc) is 2.87. The third-order valence-corrected chi connectivity index (χ3v) is 4.85. The maximum atomic E-state index is 12.2. The van der Waals surface area contributed by atoms with Crippen LogP contribution in [-0.2, 0) is 0 Å². The van der Waals surface area contributed by atoms with Crippen LogP contribution in [0, 0.1) is 6.92 Å². The molecule has 0 aliphatic rings. The van der Waals surface area contributed by atoms with Crippen molar-refractivity contribution in [1.29, 1.82) is 0 Å². The second-order valence-corrected chi connectivity index (χ2v) is 8.01. The summed E-state index contributed by atoms with van der Waals surface area (Å²) in [6, 6.07) is 17.3. The van der Waals surface area contributed by atoms with Crippen molar-refractivity contribution in [2.75, 3.05) is 0 Å². The lowest BCUT2D eigenvalue weighted by Gasteiger charge is -2.08. The molecule has 0 spiro atoms. The van der Waals surface area contributed by atoms with E-state index in [9.17, 15) is 39.5 Å². The predicted octanol–water partition coefficient (Wildman–Crippen LogP) is 8.24. The van der Waals surface area contributed by atoms with E-state index in [0.29, 0.717) is 5.02 Å². The van der Waals surface area contributed by atoms with Crippen molar-refractivity contribution in [2.24, 2.45) is 15.5 Å². The van der Waals surface area contributed by atoms with Gasteiger partial charge in [-0.15, -0.1) is 0 Å². The van der Waals surface area contributed by atoms with Crippen molar-refractivity contribution in [2.45, 2.75) is 25.5 Å². The van der Waals surface area contributed by atoms with E-state index in [2.05, 4.69) is 15.5 Å². The average molecular weight is 616 g/mol. The summed E-state index contributed by atoms with van der Waals surface area (Å²) in [4.78, 5) is 0. The summed E-state index contributed by atoms with van der Waals surface area (Å²) in [5.41, 5.74) is -3.60. The van der Waals surface area contributed by atoms with Crippen LogP contribution in [0.5, 0.6) is 0 Å². The van der Waals surface area contributed by atoms with E-state index in [1.807, 2.05) is 0 Å². The Morgan fingerprint density at radius 2 is 0.805 bits per heavy atom. The van der Waals surface area contributed by atoms with E-state index in [-0.39, 0.29) is 16.7 Å². The molecule has 3 rings (SSSR count). The van der Waals surface area contributed by atoms with Crippen LogP contribution in [0.1, 0.15) is 22.3 Å². The van der Waals surface area contributed by atoms with Crippen LogP contribution in [0.25, 0.3) is 0 Å². The van der Waals surface area contributed by atoms with Crippen LogP contribution >= 0.6 is 11.6 Å². The van der Waals surface area contributed by atoms with Gasteiger partial charge in [0.15, 0.2) is 17.1 Å². The highest BCUT2D eigenvalue weighted by atomic mass is 35.5. The molecule has 0 fully saturated rings.